The van der Waals surface area contributed by atoms with Crippen LogP contribution in [0.1, 0.15) is 11.1 Å². The van der Waals surface area contributed by atoms with Gasteiger partial charge in [0.1, 0.15) is 0 Å². The molecule has 0 spiro atoms. The molecule has 10 heteroatoms. The van der Waals surface area contributed by atoms with Crippen molar-refractivity contribution in [3.63, 3.8) is 0 Å². The van der Waals surface area contributed by atoms with Crippen molar-refractivity contribution >= 4 is 23.7 Å². The normalized spacial score (nSPS) is 10.5. The zero-order chi connectivity index (χ0) is 20.5. The molecule has 0 aliphatic heterocycles. The number of nitro benzene ring substituents is 1. The van der Waals surface area contributed by atoms with Crippen LogP contribution in [0.5, 0.6) is 11.5 Å². The second kappa shape index (κ2) is 9.67. The number of nitrogens with one attached hydrogen (secondary N) is 1. The first-order valence-electron chi connectivity index (χ1n) is 8.04. The van der Waals surface area contributed by atoms with Crippen molar-refractivity contribution in [2.45, 2.75) is 6.42 Å². The van der Waals surface area contributed by atoms with E-state index in [0.29, 0.717) is 17.1 Å². The predicted octanol–water partition coefficient (Wildman–Crippen LogP) is 1.16. The second-order valence-electron chi connectivity index (χ2n) is 5.52. The van der Waals surface area contributed by atoms with Crippen LogP contribution in [-0.4, -0.2) is 36.7 Å². The standard InChI is InChI=1S/C18H18N4O6/c1-27-16-8-12(6-7-15(16)28-11-17(19)23)10-20-21-18(24)9-13-4-2-3-5-14(13)22(25)26/h2-8,10H,9,11H2,1H3,(H2,19,23)(H,21,24). The lowest BCUT2D eigenvalue weighted by Crippen LogP contribution is -2.20. The van der Waals surface area contributed by atoms with Crippen LogP contribution < -0.4 is 20.6 Å². The van der Waals surface area contributed by atoms with Crippen molar-refractivity contribution in [2.24, 2.45) is 10.8 Å². The van der Waals surface area contributed by atoms with Gasteiger partial charge >= 0.3 is 0 Å². The topological polar surface area (TPSA) is 146 Å². The summed E-state index contributed by atoms with van der Waals surface area (Å²) in [5, 5.41) is 14.8. The molecule has 0 bridgehead atoms. The molecule has 2 aromatic rings. The molecular formula is C18H18N4O6. The third kappa shape index (κ3) is 5.80. The number of primary amides is 1. The molecule has 0 fully saturated rings. The monoisotopic (exact) mass is 386 g/mol. The quantitative estimate of drug-likeness (QED) is 0.376. The highest BCUT2D eigenvalue weighted by Crippen LogP contribution is 2.27. The highest BCUT2D eigenvalue weighted by atomic mass is 16.6. The molecule has 0 unspecified atom stereocenters. The Morgan fingerprint density at radius 1 is 1.25 bits per heavy atom. The molecule has 28 heavy (non-hydrogen) atoms. The van der Waals surface area contributed by atoms with Gasteiger partial charge in [-0.05, 0) is 23.8 Å². The molecule has 3 N–H and O–H groups in total. The Kier molecular flexibility index (Phi) is 7.03. The Morgan fingerprint density at radius 2 is 2.00 bits per heavy atom. The van der Waals surface area contributed by atoms with Gasteiger partial charge in [0.2, 0.25) is 5.91 Å². The summed E-state index contributed by atoms with van der Waals surface area (Å²) in [7, 11) is 1.43. The molecule has 0 heterocycles. The van der Waals surface area contributed by atoms with Crippen molar-refractivity contribution in [3.8, 4) is 11.5 Å². The molecule has 2 rings (SSSR count). The van der Waals surface area contributed by atoms with Crippen LogP contribution in [0.4, 0.5) is 5.69 Å². The molecule has 2 amide bonds. The molecule has 0 aromatic heterocycles. The second-order valence-corrected chi connectivity index (χ2v) is 5.52. The van der Waals surface area contributed by atoms with E-state index in [1.54, 1.807) is 24.3 Å². The van der Waals surface area contributed by atoms with E-state index in [2.05, 4.69) is 10.5 Å². The van der Waals surface area contributed by atoms with E-state index in [1.165, 1.54) is 31.5 Å². The van der Waals surface area contributed by atoms with Gasteiger partial charge in [0.25, 0.3) is 11.6 Å². The minimum Gasteiger partial charge on any atom is -0.493 e. The van der Waals surface area contributed by atoms with Gasteiger partial charge in [-0.2, -0.15) is 5.10 Å². The van der Waals surface area contributed by atoms with E-state index < -0.39 is 16.7 Å². The van der Waals surface area contributed by atoms with Gasteiger partial charge < -0.3 is 15.2 Å². The zero-order valence-electron chi connectivity index (χ0n) is 15.0. The number of hydrogen-bond donors (Lipinski definition) is 2. The Balaban J connectivity index is 1.99. The number of carbonyl (C=O) groups is 2. The minimum absolute atomic E-state index is 0.127. The number of nitrogens with two attached hydrogens (primary N) is 1. The lowest BCUT2D eigenvalue weighted by atomic mass is 10.1. The number of hydrogen-bond acceptors (Lipinski definition) is 7. The largest absolute Gasteiger partial charge is 0.493 e. The van der Waals surface area contributed by atoms with Crippen LogP contribution >= 0.6 is 0 Å². The highest BCUT2D eigenvalue weighted by Gasteiger charge is 2.15. The Bertz CT molecular complexity index is 913. The maximum absolute atomic E-state index is 12.0. The molecule has 10 nitrogen and oxygen atoms in total. The first-order chi connectivity index (χ1) is 13.4. The Labute approximate surface area is 160 Å². The molecule has 0 atom stereocenters. The van der Waals surface area contributed by atoms with Crippen molar-refractivity contribution in [2.75, 3.05) is 13.7 Å². The summed E-state index contributed by atoms with van der Waals surface area (Å²) in [6, 6.07) is 10.8. The van der Waals surface area contributed by atoms with Gasteiger partial charge in [0, 0.05) is 11.6 Å². The molecular weight excluding hydrogens is 368 g/mol. The number of methoxy groups -OCH3 is 1. The van der Waals surface area contributed by atoms with Crippen LogP contribution in [0.3, 0.4) is 0 Å². The SMILES string of the molecule is COc1cc(C=NNC(=O)Cc2ccccc2[N+](=O)[O-])ccc1OCC(N)=O. The minimum atomic E-state index is -0.617. The summed E-state index contributed by atoms with van der Waals surface area (Å²) in [6.07, 6.45) is 1.19. The van der Waals surface area contributed by atoms with E-state index in [0.717, 1.165) is 0 Å². The maximum atomic E-state index is 12.0. The number of benzene rings is 2. The van der Waals surface area contributed by atoms with Gasteiger partial charge in [-0.3, -0.25) is 19.7 Å². The van der Waals surface area contributed by atoms with Gasteiger partial charge in [-0.25, -0.2) is 5.43 Å². The summed E-state index contributed by atoms with van der Waals surface area (Å²) in [5.74, 6) is -0.428. The molecule has 0 aliphatic carbocycles. The average Bonchev–Trinajstić information content (AvgIpc) is 2.66. The molecule has 0 radical (unpaired) electrons. The summed E-state index contributed by atoms with van der Waals surface area (Å²) in [6.45, 7) is -0.286. The number of para-hydroxylation sites is 1. The number of nitro groups is 1. The molecule has 2 aromatic carbocycles. The summed E-state index contributed by atoms with van der Waals surface area (Å²) < 4.78 is 10.4. The highest BCUT2D eigenvalue weighted by molar-refractivity contribution is 5.84. The van der Waals surface area contributed by atoms with E-state index in [9.17, 15) is 19.7 Å². The fourth-order valence-corrected chi connectivity index (χ4v) is 2.26. The van der Waals surface area contributed by atoms with Crippen LogP contribution in [0.2, 0.25) is 0 Å². The molecule has 146 valence electrons. The van der Waals surface area contributed by atoms with E-state index in [4.69, 9.17) is 15.2 Å². The lowest BCUT2D eigenvalue weighted by Gasteiger charge is -2.09. The fourth-order valence-electron chi connectivity index (χ4n) is 2.26. The van der Waals surface area contributed by atoms with Crippen LogP contribution in [-0.2, 0) is 16.0 Å². The van der Waals surface area contributed by atoms with Crippen LogP contribution in [0, 0.1) is 10.1 Å². The fraction of sp³-hybridized carbons (Fsp3) is 0.167. The lowest BCUT2D eigenvalue weighted by molar-refractivity contribution is -0.385. The summed E-state index contributed by atoms with van der Waals surface area (Å²) in [5.41, 5.74) is 8.10. The number of rotatable bonds is 9. The molecule has 0 aliphatic rings. The Morgan fingerprint density at radius 3 is 2.68 bits per heavy atom. The smallest absolute Gasteiger partial charge is 0.273 e. The van der Waals surface area contributed by atoms with Gasteiger partial charge in [0.15, 0.2) is 18.1 Å². The third-order valence-corrected chi connectivity index (χ3v) is 3.50. The maximum Gasteiger partial charge on any atom is 0.273 e. The number of carbonyl (C=O) groups excluding carboxylic acids is 2. The van der Waals surface area contributed by atoms with Crippen LogP contribution in [0.15, 0.2) is 47.6 Å². The number of ether oxygens (including phenoxy) is 2. The number of amides is 2. The first kappa shape index (κ1) is 20.4. The number of hydrazone groups is 1. The molecule has 0 saturated carbocycles. The van der Waals surface area contributed by atoms with E-state index in [1.807, 2.05) is 0 Å². The third-order valence-electron chi connectivity index (χ3n) is 3.50. The van der Waals surface area contributed by atoms with E-state index >= 15 is 0 Å². The van der Waals surface area contributed by atoms with Crippen LogP contribution in [0.25, 0.3) is 0 Å². The predicted molar refractivity (Wildman–Crippen MR) is 100 cm³/mol. The average molecular weight is 386 g/mol. The van der Waals surface area contributed by atoms with E-state index in [-0.39, 0.29) is 24.3 Å². The van der Waals surface area contributed by atoms with Crippen molar-refractivity contribution < 1.29 is 24.0 Å². The van der Waals surface area contributed by atoms with Crippen molar-refractivity contribution in [3.05, 3.63) is 63.7 Å². The first-order valence-corrected chi connectivity index (χ1v) is 8.04. The number of nitrogens with zero attached hydrogens (tertiary/aromatic N) is 2. The molecule has 0 saturated heterocycles. The van der Waals surface area contributed by atoms with Gasteiger partial charge in [0.05, 0.1) is 24.7 Å². The Hall–Kier alpha value is -3.95. The summed E-state index contributed by atoms with van der Waals surface area (Å²) >= 11 is 0. The van der Waals surface area contributed by atoms with Crippen molar-refractivity contribution in [1.82, 2.24) is 5.43 Å². The van der Waals surface area contributed by atoms with Gasteiger partial charge in [-0.1, -0.05) is 18.2 Å². The van der Waals surface area contributed by atoms with Crippen molar-refractivity contribution in [1.29, 1.82) is 0 Å². The zero-order valence-corrected chi connectivity index (χ0v) is 15.0. The van der Waals surface area contributed by atoms with Gasteiger partial charge in [-0.15, -0.1) is 0 Å². The summed E-state index contributed by atoms with van der Waals surface area (Å²) in [4.78, 5) is 33.2.